The Morgan fingerprint density at radius 2 is 1.79 bits per heavy atom. The highest BCUT2D eigenvalue weighted by Gasteiger charge is 2.31. The quantitative estimate of drug-likeness (QED) is 0.755. The maximum atomic E-state index is 13.1. The molecule has 1 aliphatic rings. The monoisotopic (exact) mass is 415 g/mol. The maximum Gasteiger partial charge on any atom is 0.262 e. The minimum atomic E-state index is -0.502. The number of amides is 2. The Bertz CT molecular complexity index is 797. The molecule has 1 saturated heterocycles. The molecule has 1 fully saturated rings. The number of benzene rings is 1. The van der Waals surface area contributed by atoms with Crippen molar-refractivity contribution in [2.24, 2.45) is 5.92 Å². The fraction of sp³-hybridized carbons (Fsp3) is 0.455. The van der Waals surface area contributed by atoms with Gasteiger partial charge in [0.1, 0.15) is 11.8 Å². The number of rotatable bonds is 7. The molecule has 156 valence electrons. The van der Waals surface area contributed by atoms with Crippen LogP contribution < -0.4 is 10.1 Å². The third-order valence-corrected chi connectivity index (χ3v) is 6.08. The van der Waals surface area contributed by atoms with Crippen molar-refractivity contribution in [2.45, 2.75) is 26.4 Å². The molecule has 29 heavy (non-hydrogen) atoms. The van der Waals surface area contributed by atoms with E-state index in [2.05, 4.69) is 22.3 Å². The van der Waals surface area contributed by atoms with Gasteiger partial charge in [0, 0.05) is 32.7 Å². The van der Waals surface area contributed by atoms with Gasteiger partial charge in [-0.1, -0.05) is 32.0 Å². The lowest BCUT2D eigenvalue weighted by Crippen LogP contribution is -2.56. The average Bonchev–Trinajstić information content (AvgIpc) is 3.27. The van der Waals surface area contributed by atoms with Gasteiger partial charge in [-0.05, 0) is 35.1 Å². The zero-order valence-corrected chi connectivity index (χ0v) is 18.1. The van der Waals surface area contributed by atoms with Gasteiger partial charge < -0.3 is 15.0 Å². The summed E-state index contributed by atoms with van der Waals surface area (Å²) in [5, 5.41) is 4.80. The first-order valence-corrected chi connectivity index (χ1v) is 10.8. The number of nitrogens with zero attached hydrogens (tertiary/aromatic N) is 2. The first-order chi connectivity index (χ1) is 14.0. The molecule has 0 aliphatic carbocycles. The van der Waals surface area contributed by atoms with Crippen molar-refractivity contribution in [3.63, 3.8) is 0 Å². The van der Waals surface area contributed by atoms with E-state index < -0.39 is 6.04 Å². The van der Waals surface area contributed by atoms with Crippen molar-refractivity contribution in [3.8, 4) is 5.75 Å². The molecule has 1 aromatic carbocycles. The summed E-state index contributed by atoms with van der Waals surface area (Å²) in [6, 6.07) is 11.2. The minimum absolute atomic E-state index is 0.00834. The lowest BCUT2D eigenvalue weighted by atomic mass is 10.0. The van der Waals surface area contributed by atoms with Gasteiger partial charge in [0.05, 0.1) is 12.0 Å². The van der Waals surface area contributed by atoms with Gasteiger partial charge >= 0.3 is 0 Å². The van der Waals surface area contributed by atoms with E-state index in [9.17, 15) is 9.59 Å². The molecule has 0 unspecified atom stereocenters. The Hall–Kier alpha value is -2.38. The van der Waals surface area contributed by atoms with Crippen LogP contribution in [0.3, 0.4) is 0 Å². The number of nitrogens with one attached hydrogen (secondary N) is 1. The fourth-order valence-corrected chi connectivity index (χ4v) is 4.07. The van der Waals surface area contributed by atoms with E-state index in [0.29, 0.717) is 18.0 Å². The van der Waals surface area contributed by atoms with Crippen molar-refractivity contribution in [2.75, 3.05) is 33.3 Å². The summed E-state index contributed by atoms with van der Waals surface area (Å²) in [6.45, 7) is 7.78. The van der Waals surface area contributed by atoms with Crippen LogP contribution in [0.25, 0.3) is 0 Å². The fourth-order valence-electron chi connectivity index (χ4n) is 3.45. The number of hydrogen-bond donors (Lipinski definition) is 1. The SMILES string of the molecule is COc1ccc(CN2CCN(C(=O)[C@@H](NC(=O)c3cccs3)C(C)C)CC2)cc1. The molecule has 1 aromatic heterocycles. The highest BCUT2D eigenvalue weighted by molar-refractivity contribution is 7.12. The number of ether oxygens (including phenoxy) is 1. The van der Waals surface area contributed by atoms with E-state index >= 15 is 0 Å². The zero-order valence-electron chi connectivity index (χ0n) is 17.3. The predicted octanol–water partition coefficient (Wildman–Crippen LogP) is 2.86. The zero-order chi connectivity index (χ0) is 20.8. The van der Waals surface area contributed by atoms with Crippen molar-refractivity contribution in [1.82, 2.24) is 15.1 Å². The summed E-state index contributed by atoms with van der Waals surface area (Å²) in [7, 11) is 1.67. The van der Waals surface area contributed by atoms with E-state index in [1.54, 1.807) is 13.2 Å². The van der Waals surface area contributed by atoms with Crippen LogP contribution in [0.4, 0.5) is 0 Å². The molecule has 1 aliphatic heterocycles. The second kappa shape index (κ2) is 9.89. The molecule has 2 aromatic rings. The second-order valence-corrected chi connectivity index (χ2v) is 8.57. The Balaban J connectivity index is 1.53. The van der Waals surface area contributed by atoms with Gasteiger partial charge in [0.2, 0.25) is 5.91 Å². The van der Waals surface area contributed by atoms with Crippen LogP contribution in [0, 0.1) is 5.92 Å². The van der Waals surface area contributed by atoms with Gasteiger partial charge in [0.15, 0.2) is 0 Å². The molecular formula is C22H29N3O3S. The van der Waals surface area contributed by atoms with Crippen molar-refractivity contribution in [3.05, 3.63) is 52.2 Å². The Labute approximate surface area is 176 Å². The smallest absolute Gasteiger partial charge is 0.262 e. The maximum absolute atomic E-state index is 13.1. The van der Waals surface area contributed by atoms with Gasteiger partial charge in [-0.25, -0.2) is 0 Å². The van der Waals surface area contributed by atoms with Crippen LogP contribution >= 0.6 is 11.3 Å². The van der Waals surface area contributed by atoms with Crippen LogP contribution in [0.2, 0.25) is 0 Å². The second-order valence-electron chi connectivity index (χ2n) is 7.62. The largest absolute Gasteiger partial charge is 0.497 e. The minimum Gasteiger partial charge on any atom is -0.497 e. The van der Waals surface area contributed by atoms with Gasteiger partial charge in [-0.3, -0.25) is 14.5 Å². The number of piperazine rings is 1. The molecule has 7 heteroatoms. The predicted molar refractivity (Wildman–Crippen MR) is 115 cm³/mol. The molecule has 2 amide bonds. The summed E-state index contributed by atoms with van der Waals surface area (Å²) in [5.74, 6) is 0.719. The van der Waals surface area contributed by atoms with Crippen LogP contribution in [-0.2, 0) is 11.3 Å². The molecule has 0 radical (unpaired) electrons. The van der Waals surface area contributed by atoms with Crippen LogP contribution in [-0.4, -0.2) is 60.9 Å². The molecule has 3 rings (SSSR count). The third kappa shape index (κ3) is 5.58. The van der Waals surface area contributed by atoms with E-state index in [0.717, 1.165) is 25.4 Å². The van der Waals surface area contributed by atoms with E-state index in [4.69, 9.17) is 4.74 Å². The lowest BCUT2D eigenvalue weighted by molar-refractivity contribution is -0.136. The van der Waals surface area contributed by atoms with Gasteiger partial charge in [0.25, 0.3) is 5.91 Å². The lowest BCUT2D eigenvalue weighted by Gasteiger charge is -2.37. The summed E-state index contributed by atoms with van der Waals surface area (Å²) in [4.78, 5) is 30.3. The normalized spacial score (nSPS) is 15.9. The molecule has 1 atom stereocenters. The van der Waals surface area contributed by atoms with Crippen molar-refractivity contribution in [1.29, 1.82) is 0 Å². The highest BCUT2D eigenvalue weighted by atomic mass is 32.1. The Kier molecular flexibility index (Phi) is 7.28. The molecule has 1 N–H and O–H groups in total. The molecule has 6 nitrogen and oxygen atoms in total. The average molecular weight is 416 g/mol. The Morgan fingerprint density at radius 3 is 2.34 bits per heavy atom. The van der Waals surface area contributed by atoms with Crippen molar-refractivity contribution >= 4 is 23.2 Å². The molecule has 0 spiro atoms. The number of carbonyl (C=O) groups is 2. The van der Waals surface area contributed by atoms with E-state index in [-0.39, 0.29) is 17.7 Å². The third-order valence-electron chi connectivity index (χ3n) is 5.21. The first-order valence-electron chi connectivity index (χ1n) is 9.96. The Morgan fingerprint density at radius 1 is 1.10 bits per heavy atom. The topological polar surface area (TPSA) is 61.9 Å². The highest BCUT2D eigenvalue weighted by Crippen LogP contribution is 2.16. The number of thiophene rings is 1. The summed E-state index contributed by atoms with van der Waals surface area (Å²) >= 11 is 1.38. The van der Waals surface area contributed by atoms with Crippen LogP contribution in [0.5, 0.6) is 5.75 Å². The van der Waals surface area contributed by atoms with Crippen molar-refractivity contribution < 1.29 is 14.3 Å². The molecule has 0 bridgehead atoms. The van der Waals surface area contributed by atoms with Crippen LogP contribution in [0.1, 0.15) is 29.1 Å². The molecule has 0 saturated carbocycles. The first kappa shape index (κ1) is 21.3. The van der Waals surface area contributed by atoms with E-state index in [1.807, 2.05) is 42.3 Å². The molecule has 2 heterocycles. The van der Waals surface area contributed by atoms with E-state index in [1.165, 1.54) is 16.9 Å². The number of carbonyl (C=O) groups excluding carboxylic acids is 2. The summed E-state index contributed by atoms with van der Waals surface area (Å²) < 4.78 is 5.21. The van der Waals surface area contributed by atoms with Gasteiger partial charge in [-0.2, -0.15) is 0 Å². The summed E-state index contributed by atoms with van der Waals surface area (Å²) in [6.07, 6.45) is 0. The molecular weight excluding hydrogens is 386 g/mol. The number of hydrogen-bond acceptors (Lipinski definition) is 5. The number of methoxy groups -OCH3 is 1. The standard InChI is InChI=1S/C22H29N3O3S/c1-16(2)20(23-21(26)19-5-4-14-29-19)22(27)25-12-10-24(11-13-25)15-17-6-8-18(28-3)9-7-17/h4-9,14,16,20H,10-13,15H2,1-3H3,(H,23,26)/t20-/m0/s1. The summed E-state index contributed by atoms with van der Waals surface area (Å²) in [5.41, 5.74) is 1.23. The van der Waals surface area contributed by atoms with Crippen LogP contribution in [0.15, 0.2) is 41.8 Å². The van der Waals surface area contributed by atoms with Gasteiger partial charge in [-0.15, -0.1) is 11.3 Å².